The van der Waals surface area contributed by atoms with Crippen LogP contribution >= 0.6 is 0 Å². The fourth-order valence-electron chi connectivity index (χ4n) is 2.45. The molecule has 0 aromatic heterocycles. The Morgan fingerprint density at radius 2 is 1.81 bits per heavy atom. The number of hydrogen-bond acceptors (Lipinski definition) is 2. The van der Waals surface area contributed by atoms with Crippen molar-refractivity contribution >= 4 is 0 Å². The molecule has 1 rings (SSSR count). The molecule has 16 heavy (non-hydrogen) atoms. The molecule has 0 aromatic carbocycles. The summed E-state index contributed by atoms with van der Waals surface area (Å²) in [5.74, 6) is 0.926. The van der Waals surface area contributed by atoms with E-state index in [1.165, 1.54) is 38.5 Å². The highest BCUT2D eigenvalue weighted by molar-refractivity contribution is 4.74. The molecule has 2 heteroatoms. The largest absolute Gasteiger partial charge is 0.374 e. The summed E-state index contributed by atoms with van der Waals surface area (Å²) in [5.41, 5.74) is -0.0122. The minimum Gasteiger partial charge on any atom is -0.374 e. The third kappa shape index (κ3) is 5.86. The quantitative estimate of drug-likeness (QED) is 0.777. The van der Waals surface area contributed by atoms with E-state index in [4.69, 9.17) is 4.74 Å². The van der Waals surface area contributed by atoms with Crippen LogP contribution in [0, 0.1) is 5.92 Å². The van der Waals surface area contributed by atoms with E-state index in [0.29, 0.717) is 6.04 Å². The lowest BCUT2D eigenvalue weighted by atomic mass is 9.85. The van der Waals surface area contributed by atoms with Crippen molar-refractivity contribution < 1.29 is 4.74 Å². The SMILES string of the molecule is CNC(COC(C)(C)C)CC1CCCCC1. The average molecular weight is 227 g/mol. The molecule has 0 heterocycles. The highest BCUT2D eigenvalue weighted by Gasteiger charge is 2.20. The van der Waals surface area contributed by atoms with E-state index in [2.05, 4.69) is 33.1 Å². The second-order valence-electron chi connectivity index (χ2n) is 6.15. The van der Waals surface area contributed by atoms with E-state index in [0.717, 1.165) is 12.5 Å². The molecular formula is C14H29NO. The van der Waals surface area contributed by atoms with Gasteiger partial charge in [0.1, 0.15) is 0 Å². The molecule has 0 amide bonds. The monoisotopic (exact) mass is 227 g/mol. The molecule has 0 aromatic rings. The van der Waals surface area contributed by atoms with Gasteiger partial charge in [-0.05, 0) is 40.2 Å². The first-order valence-corrected chi connectivity index (χ1v) is 6.82. The summed E-state index contributed by atoms with van der Waals surface area (Å²) < 4.78 is 5.86. The lowest BCUT2D eigenvalue weighted by Gasteiger charge is -2.28. The molecule has 0 radical (unpaired) electrons. The number of likely N-dealkylation sites (N-methyl/N-ethyl adjacent to an activating group) is 1. The molecule has 0 saturated heterocycles. The van der Waals surface area contributed by atoms with Crippen molar-refractivity contribution in [2.24, 2.45) is 5.92 Å². The summed E-state index contributed by atoms with van der Waals surface area (Å²) in [6.07, 6.45) is 8.44. The highest BCUT2D eigenvalue weighted by Crippen LogP contribution is 2.27. The van der Waals surface area contributed by atoms with Crippen LogP contribution in [-0.4, -0.2) is 25.3 Å². The Morgan fingerprint density at radius 3 is 2.31 bits per heavy atom. The molecule has 1 aliphatic rings. The first kappa shape index (κ1) is 14.0. The molecule has 1 atom stereocenters. The third-order valence-corrected chi connectivity index (χ3v) is 3.47. The number of rotatable bonds is 5. The molecule has 1 saturated carbocycles. The minimum absolute atomic E-state index is 0.0122. The Kier molecular flexibility index (Phi) is 5.77. The van der Waals surface area contributed by atoms with Gasteiger partial charge >= 0.3 is 0 Å². The molecule has 1 fully saturated rings. The molecule has 0 spiro atoms. The van der Waals surface area contributed by atoms with Gasteiger partial charge in [-0.3, -0.25) is 0 Å². The van der Waals surface area contributed by atoms with Gasteiger partial charge in [-0.2, -0.15) is 0 Å². The normalized spacial score (nSPS) is 21.0. The van der Waals surface area contributed by atoms with Crippen molar-refractivity contribution in [3.63, 3.8) is 0 Å². The predicted octanol–water partition coefficient (Wildman–Crippen LogP) is 3.36. The standard InChI is InChI=1S/C14H29NO/c1-14(2,3)16-11-13(15-4)10-12-8-6-5-7-9-12/h12-13,15H,5-11H2,1-4H3. The highest BCUT2D eigenvalue weighted by atomic mass is 16.5. The van der Waals surface area contributed by atoms with Gasteiger partial charge in [-0.1, -0.05) is 32.1 Å². The Labute approximate surface area is 101 Å². The van der Waals surface area contributed by atoms with E-state index in [9.17, 15) is 0 Å². The summed E-state index contributed by atoms with van der Waals surface area (Å²) in [6.45, 7) is 7.22. The van der Waals surface area contributed by atoms with E-state index in [1.807, 2.05) is 0 Å². The molecule has 1 unspecified atom stereocenters. The van der Waals surface area contributed by atoms with Crippen LogP contribution in [0.2, 0.25) is 0 Å². The van der Waals surface area contributed by atoms with Crippen LogP contribution in [0.1, 0.15) is 59.3 Å². The molecule has 1 aliphatic carbocycles. The van der Waals surface area contributed by atoms with Gasteiger partial charge in [0.15, 0.2) is 0 Å². The number of nitrogens with one attached hydrogen (secondary N) is 1. The zero-order valence-corrected chi connectivity index (χ0v) is 11.5. The van der Waals surface area contributed by atoms with E-state index >= 15 is 0 Å². The second-order valence-corrected chi connectivity index (χ2v) is 6.15. The fraction of sp³-hybridized carbons (Fsp3) is 1.00. The van der Waals surface area contributed by atoms with Gasteiger partial charge in [0, 0.05) is 6.04 Å². The van der Waals surface area contributed by atoms with Crippen LogP contribution in [0.3, 0.4) is 0 Å². The Bertz CT molecular complexity index is 180. The Balaban J connectivity index is 2.25. The van der Waals surface area contributed by atoms with Crippen LogP contribution in [0.4, 0.5) is 0 Å². The number of hydrogen-bond donors (Lipinski definition) is 1. The average Bonchev–Trinajstić information content (AvgIpc) is 2.24. The van der Waals surface area contributed by atoms with E-state index in [1.54, 1.807) is 0 Å². The zero-order valence-electron chi connectivity index (χ0n) is 11.5. The summed E-state index contributed by atoms with van der Waals surface area (Å²) in [7, 11) is 2.06. The van der Waals surface area contributed by atoms with E-state index in [-0.39, 0.29) is 5.60 Å². The van der Waals surface area contributed by atoms with Crippen molar-refractivity contribution in [2.45, 2.75) is 70.9 Å². The molecule has 1 N–H and O–H groups in total. The Hall–Kier alpha value is -0.0800. The smallest absolute Gasteiger partial charge is 0.0626 e. The zero-order chi connectivity index (χ0) is 12.0. The first-order chi connectivity index (χ1) is 7.51. The fourth-order valence-corrected chi connectivity index (χ4v) is 2.45. The third-order valence-electron chi connectivity index (χ3n) is 3.47. The molecule has 96 valence electrons. The maximum Gasteiger partial charge on any atom is 0.0626 e. The van der Waals surface area contributed by atoms with E-state index < -0.39 is 0 Å². The lowest BCUT2D eigenvalue weighted by Crippen LogP contribution is -2.36. The van der Waals surface area contributed by atoms with Gasteiger partial charge in [-0.25, -0.2) is 0 Å². The summed E-state index contributed by atoms with van der Waals surface area (Å²) in [4.78, 5) is 0. The first-order valence-electron chi connectivity index (χ1n) is 6.82. The summed E-state index contributed by atoms with van der Waals surface area (Å²) in [6, 6.07) is 0.530. The van der Waals surface area contributed by atoms with Gasteiger partial charge in [0.25, 0.3) is 0 Å². The van der Waals surface area contributed by atoms with Gasteiger partial charge in [-0.15, -0.1) is 0 Å². The van der Waals surface area contributed by atoms with Crippen LogP contribution in [-0.2, 0) is 4.74 Å². The van der Waals surface area contributed by atoms with Crippen molar-refractivity contribution in [2.75, 3.05) is 13.7 Å². The van der Waals surface area contributed by atoms with Crippen molar-refractivity contribution in [3.8, 4) is 0 Å². The maximum absolute atomic E-state index is 5.86. The molecule has 2 nitrogen and oxygen atoms in total. The van der Waals surface area contributed by atoms with Gasteiger partial charge in [0.05, 0.1) is 12.2 Å². The van der Waals surface area contributed by atoms with Crippen LogP contribution < -0.4 is 5.32 Å². The van der Waals surface area contributed by atoms with Gasteiger partial charge < -0.3 is 10.1 Å². The topological polar surface area (TPSA) is 21.3 Å². The number of ether oxygens (including phenoxy) is 1. The molecular weight excluding hydrogens is 198 g/mol. The van der Waals surface area contributed by atoms with Gasteiger partial charge in [0.2, 0.25) is 0 Å². The van der Waals surface area contributed by atoms with Crippen molar-refractivity contribution in [1.82, 2.24) is 5.32 Å². The maximum atomic E-state index is 5.86. The van der Waals surface area contributed by atoms with Crippen LogP contribution in [0.25, 0.3) is 0 Å². The van der Waals surface area contributed by atoms with Crippen molar-refractivity contribution in [3.05, 3.63) is 0 Å². The Morgan fingerprint density at radius 1 is 1.19 bits per heavy atom. The lowest BCUT2D eigenvalue weighted by molar-refractivity contribution is -0.0169. The second kappa shape index (κ2) is 6.61. The molecule has 0 aliphatic heterocycles. The van der Waals surface area contributed by atoms with Crippen LogP contribution in [0.5, 0.6) is 0 Å². The molecule has 0 bridgehead atoms. The van der Waals surface area contributed by atoms with Crippen molar-refractivity contribution in [1.29, 1.82) is 0 Å². The summed E-state index contributed by atoms with van der Waals surface area (Å²) in [5, 5.41) is 3.40. The minimum atomic E-state index is -0.0122. The van der Waals surface area contributed by atoms with Crippen LogP contribution in [0.15, 0.2) is 0 Å². The predicted molar refractivity (Wildman–Crippen MR) is 69.7 cm³/mol. The summed E-state index contributed by atoms with van der Waals surface area (Å²) >= 11 is 0.